The van der Waals surface area contributed by atoms with Crippen LogP contribution in [0.25, 0.3) is 0 Å². The van der Waals surface area contributed by atoms with Gasteiger partial charge in [0.05, 0.1) is 6.61 Å². The highest BCUT2D eigenvalue weighted by Gasteiger charge is 2.09. The molecule has 0 bridgehead atoms. The Kier molecular flexibility index (Phi) is 8.09. The lowest BCUT2D eigenvalue weighted by atomic mass is 10.0. The van der Waals surface area contributed by atoms with Crippen molar-refractivity contribution < 1.29 is 13.7 Å². The Morgan fingerprint density at radius 1 is 1.07 bits per heavy atom. The van der Waals surface area contributed by atoms with Gasteiger partial charge in [-0.15, -0.1) is 0 Å². The average molecular weight is 384 g/mol. The zero-order chi connectivity index (χ0) is 19.6. The summed E-state index contributed by atoms with van der Waals surface area (Å²) >= 11 is 0. The van der Waals surface area contributed by atoms with Crippen molar-refractivity contribution in [1.82, 2.24) is 5.32 Å². The third kappa shape index (κ3) is 7.67. The molecule has 2 rings (SSSR count). The first kappa shape index (κ1) is 20.7. The van der Waals surface area contributed by atoms with Gasteiger partial charge in [-0.1, -0.05) is 24.0 Å². The molecule has 27 heavy (non-hydrogen) atoms. The van der Waals surface area contributed by atoms with Crippen LogP contribution in [0.15, 0.2) is 48.5 Å². The Bertz CT molecular complexity index is 833. The summed E-state index contributed by atoms with van der Waals surface area (Å²) < 4.78 is 16.5. The molecule has 0 spiro atoms. The minimum atomic E-state index is -1.12. The van der Waals surface area contributed by atoms with E-state index in [4.69, 9.17) is 4.74 Å². The maximum absolute atomic E-state index is 11.7. The predicted octanol–water partition coefficient (Wildman–Crippen LogP) is 2.91. The summed E-state index contributed by atoms with van der Waals surface area (Å²) in [6.45, 7) is 4.55. The Morgan fingerprint density at radius 3 is 2.15 bits per heavy atom. The molecule has 0 aliphatic rings. The van der Waals surface area contributed by atoms with Crippen LogP contribution in [0.3, 0.4) is 0 Å². The van der Waals surface area contributed by atoms with Crippen molar-refractivity contribution in [1.29, 1.82) is 0 Å². The van der Waals surface area contributed by atoms with Crippen molar-refractivity contribution >= 4 is 16.7 Å². The van der Waals surface area contributed by atoms with Gasteiger partial charge in [-0.05, 0) is 62.2 Å². The molecule has 2 atom stereocenters. The molecule has 0 aromatic heterocycles. The maximum Gasteiger partial charge on any atom is 0.232 e. The van der Waals surface area contributed by atoms with E-state index in [1.165, 1.54) is 6.26 Å². The average Bonchev–Trinajstić information content (AvgIpc) is 2.61. The molecule has 0 fully saturated rings. The second-order valence-electron chi connectivity index (χ2n) is 6.29. The fourth-order valence-corrected chi connectivity index (χ4v) is 3.03. The van der Waals surface area contributed by atoms with Gasteiger partial charge in [-0.25, -0.2) is 0 Å². The van der Waals surface area contributed by atoms with Crippen LogP contribution in [-0.4, -0.2) is 34.8 Å². The maximum atomic E-state index is 11.7. The standard InChI is InChI=1S/C22H25NO3S/c1-4-26-21-13-11-19(12-14-21)6-5-18-7-9-20(10-8-18)15-17(2)23-22(24)16-27(3)25/h7-14,17H,4,15-16H2,1-3H3,(H,23,24). The fraction of sp³-hybridized carbons (Fsp3) is 0.318. The molecule has 142 valence electrons. The number of carbonyl (C=O) groups excluding carboxylic acids is 1. The van der Waals surface area contributed by atoms with Crippen LogP contribution in [-0.2, 0) is 22.0 Å². The smallest absolute Gasteiger partial charge is 0.232 e. The van der Waals surface area contributed by atoms with Crippen LogP contribution in [0.1, 0.15) is 30.5 Å². The van der Waals surface area contributed by atoms with Gasteiger partial charge in [0.1, 0.15) is 11.5 Å². The Balaban J connectivity index is 1.91. The van der Waals surface area contributed by atoms with Gasteiger partial charge in [0.25, 0.3) is 0 Å². The Hall–Kier alpha value is -2.58. The number of hydrogen-bond acceptors (Lipinski definition) is 3. The topological polar surface area (TPSA) is 55.4 Å². The van der Waals surface area contributed by atoms with Gasteiger partial charge in [-0.2, -0.15) is 0 Å². The van der Waals surface area contributed by atoms with Gasteiger partial charge in [0, 0.05) is 34.2 Å². The molecule has 5 heteroatoms. The molecule has 0 saturated heterocycles. The SMILES string of the molecule is CCOc1ccc(C#Cc2ccc(CC(C)NC(=O)CS(C)=O)cc2)cc1. The van der Waals surface area contributed by atoms with Crippen LogP contribution in [0.4, 0.5) is 0 Å². The first-order chi connectivity index (χ1) is 13.0. The summed E-state index contributed by atoms with van der Waals surface area (Å²) in [5.41, 5.74) is 2.99. The molecule has 0 heterocycles. The van der Waals surface area contributed by atoms with Crippen molar-refractivity contribution in [3.63, 3.8) is 0 Å². The normalized spacial score (nSPS) is 12.4. The highest BCUT2D eigenvalue weighted by Crippen LogP contribution is 2.12. The van der Waals surface area contributed by atoms with Gasteiger partial charge in [0.15, 0.2) is 0 Å². The number of amides is 1. The Morgan fingerprint density at radius 2 is 1.63 bits per heavy atom. The van der Waals surface area contributed by atoms with E-state index in [1.807, 2.05) is 62.4 Å². The largest absolute Gasteiger partial charge is 0.494 e. The summed E-state index contributed by atoms with van der Waals surface area (Å²) in [4.78, 5) is 11.7. The molecule has 2 unspecified atom stereocenters. The minimum absolute atomic E-state index is 0.0122. The summed E-state index contributed by atoms with van der Waals surface area (Å²) in [6, 6.07) is 15.7. The van der Waals surface area contributed by atoms with Crippen molar-refractivity contribution in [3.8, 4) is 17.6 Å². The van der Waals surface area contributed by atoms with Crippen molar-refractivity contribution in [3.05, 3.63) is 65.2 Å². The second kappa shape index (κ2) is 10.5. The molecule has 0 saturated carbocycles. The van der Waals surface area contributed by atoms with E-state index in [0.29, 0.717) is 13.0 Å². The summed E-state index contributed by atoms with van der Waals surface area (Å²) in [5, 5.41) is 2.86. The predicted molar refractivity (Wildman–Crippen MR) is 110 cm³/mol. The van der Waals surface area contributed by atoms with Crippen LogP contribution >= 0.6 is 0 Å². The molecule has 2 aromatic carbocycles. The molecule has 1 amide bonds. The zero-order valence-corrected chi connectivity index (χ0v) is 16.8. The molecular formula is C22H25NO3S. The van der Waals surface area contributed by atoms with E-state index in [-0.39, 0.29) is 17.7 Å². The molecule has 0 aliphatic carbocycles. The van der Waals surface area contributed by atoms with E-state index in [0.717, 1.165) is 22.4 Å². The zero-order valence-electron chi connectivity index (χ0n) is 16.0. The van der Waals surface area contributed by atoms with E-state index < -0.39 is 10.8 Å². The number of hydrogen-bond donors (Lipinski definition) is 1. The first-order valence-corrected chi connectivity index (χ1v) is 10.6. The number of benzene rings is 2. The number of nitrogens with one attached hydrogen (secondary N) is 1. The fourth-order valence-electron chi connectivity index (χ4n) is 2.58. The van der Waals surface area contributed by atoms with Crippen LogP contribution in [0, 0.1) is 11.8 Å². The highest BCUT2D eigenvalue weighted by atomic mass is 32.2. The molecule has 1 N–H and O–H groups in total. The summed E-state index contributed by atoms with van der Waals surface area (Å²) in [7, 11) is -1.12. The van der Waals surface area contributed by atoms with E-state index in [9.17, 15) is 9.00 Å². The third-order valence-electron chi connectivity index (χ3n) is 3.75. The number of carbonyl (C=O) groups is 1. The highest BCUT2D eigenvalue weighted by molar-refractivity contribution is 7.85. The van der Waals surface area contributed by atoms with Gasteiger partial charge >= 0.3 is 0 Å². The summed E-state index contributed by atoms with van der Waals surface area (Å²) in [5.74, 6) is 7.01. The second-order valence-corrected chi connectivity index (χ2v) is 7.73. The van der Waals surface area contributed by atoms with E-state index >= 15 is 0 Å². The quantitative estimate of drug-likeness (QED) is 0.748. The first-order valence-electron chi connectivity index (χ1n) is 8.89. The van der Waals surface area contributed by atoms with Gasteiger partial charge in [-0.3, -0.25) is 9.00 Å². The van der Waals surface area contributed by atoms with Crippen LogP contribution in [0.5, 0.6) is 5.75 Å². The molecule has 0 radical (unpaired) electrons. The van der Waals surface area contributed by atoms with E-state index in [1.54, 1.807) is 0 Å². The van der Waals surface area contributed by atoms with Gasteiger partial charge < -0.3 is 10.1 Å². The summed E-state index contributed by atoms with van der Waals surface area (Å²) in [6.07, 6.45) is 2.24. The lowest BCUT2D eigenvalue weighted by Crippen LogP contribution is -2.36. The van der Waals surface area contributed by atoms with Crippen LogP contribution < -0.4 is 10.1 Å². The number of ether oxygens (including phenoxy) is 1. The molecular weight excluding hydrogens is 358 g/mol. The van der Waals surface area contributed by atoms with E-state index in [2.05, 4.69) is 17.2 Å². The van der Waals surface area contributed by atoms with Crippen LogP contribution in [0.2, 0.25) is 0 Å². The monoisotopic (exact) mass is 383 g/mol. The molecule has 2 aromatic rings. The number of rotatable bonds is 7. The van der Waals surface area contributed by atoms with Crippen molar-refractivity contribution in [2.75, 3.05) is 18.6 Å². The third-order valence-corrected chi connectivity index (χ3v) is 4.42. The minimum Gasteiger partial charge on any atom is -0.494 e. The lowest BCUT2D eigenvalue weighted by molar-refractivity contribution is -0.119. The van der Waals surface area contributed by atoms with Crippen molar-refractivity contribution in [2.45, 2.75) is 26.3 Å². The lowest BCUT2D eigenvalue weighted by Gasteiger charge is -2.13. The van der Waals surface area contributed by atoms with Crippen molar-refractivity contribution in [2.24, 2.45) is 0 Å². The molecule has 4 nitrogen and oxygen atoms in total. The van der Waals surface area contributed by atoms with Gasteiger partial charge in [0.2, 0.25) is 5.91 Å². The Labute approximate surface area is 163 Å². The molecule has 0 aliphatic heterocycles.